The Kier molecular flexibility index (Phi) is 4.36. The quantitative estimate of drug-likeness (QED) is 0.895. The number of hydrogen-bond acceptors (Lipinski definition) is 2. The van der Waals surface area contributed by atoms with Crippen LogP contribution in [0, 0.1) is 16.7 Å². The molecule has 0 bridgehead atoms. The molecule has 3 heteroatoms. The van der Waals surface area contributed by atoms with Gasteiger partial charge in [-0.25, -0.2) is 0 Å². The summed E-state index contributed by atoms with van der Waals surface area (Å²) in [5.74, 6) is -0.249. The molecule has 0 aliphatic heterocycles. The molecule has 1 aromatic carbocycles. The maximum atomic E-state index is 12.0. The Morgan fingerprint density at radius 2 is 1.74 bits per heavy atom. The number of benzene rings is 1. The van der Waals surface area contributed by atoms with Crippen molar-refractivity contribution in [1.29, 1.82) is 5.26 Å². The fraction of sp³-hybridized carbons (Fsp3) is 0.500. The molecule has 1 rings (SSSR count). The number of hydrogen-bond donors (Lipinski definition) is 1. The first kappa shape index (κ1) is 15.2. The molecular weight excluding hydrogens is 236 g/mol. The fourth-order valence-electron chi connectivity index (χ4n) is 1.61. The number of amides is 1. The molecule has 0 aliphatic rings. The van der Waals surface area contributed by atoms with Crippen molar-refractivity contribution in [2.45, 2.75) is 46.5 Å². The van der Waals surface area contributed by atoms with E-state index >= 15 is 0 Å². The third-order valence-electron chi connectivity index (χ3n) is 3.46. The lowest BCUT2D eigenvalue weighted by Crippen LogP contribution is -2.31. The summed E-state index contributed by atoms with van der Waals surface area (Å²) in [6.45, 7) is 9.93. The van der Waals surface area contributed by atoms with Crippen LogP contribution in [0.1, 0.15) is 46.6 Å². The summed E-state index contributed by atoms with van der Waals surface area (Å²) in [5, 5.41) is 11.9. The van der Waals surface area contributed by atoms with E-state index in [1.165, 1.54) is 5.56 Å². The minimum absolute atomic E-state index is 0.0904. The van der Waals surface area contributed by atoms with E-state index in [0.717, 1.165) is 5.69 Å². The molecule has 0 fully saturated rings. The van der Waals surface area contributed by atoms with E-state index in [-0.39, 0.29) is 11.3 Å². The summed E-state index contributed by atoms with van der Waals surface area (Å²) >= 11 is 0. The van der Waals surface area contributed by atoms with Crippen molar-refractivity contribution in [1.82, 2.24) is 0 Å². The Bertz CT molecular complexity index is 491. The Balaban J connectivity index is 2.85. The summed E-state index contributed by atoms with van der Waals surface area (Å²) in [6, 6.07) is 9.84. The van der Waals surface area contributed by atoms with Gasteiger partial charge >= 0.3 is 0 Å². The summed E-state index contributed by atoms with van der Waals surface area (Å²) in [7, 11) is 0. The van der Waals surface area contributed by atoms with Gasteiger partial charge in [0.25, 0.3) is 0 Å². The number of carbonyl (C=O) groups is 1. The standard InChI is InChI=1S/C16H22N2O/c1-6-16(5,11-17)14(19)18-13-9-7-12(8-10-13)15(2,3)4/h7-10H,6H2,1-5H3,(H,18,19). The van der Waals surface area contributed by atoms with E-state index in [4.69, 9.17) is 5.26 Å². The highest BCUT2D eigenvalue weighted by Crippen LogP contribution is 2.25. The monoisotopic (exact) mass is 258 g/mol. The van der Waals surface area contributed by atoms with Crippen LogP contribution in [0.4, 0.5) is 5.69 Å². The van der Waals surface area contributed by atoms with Crippen molar-refractivity contribution < 1.29 is 4.79 Å². The van der Waals surface area contributed by atoms with Gasteiger partial charge in [0.15, 0.2) is 0 Å². The smallest absolute Gasteiger partial charge is 0.244 e. The molecule has 1 aromatic rings. The summed E-state index contributed by atoms with van der Waals surface area (Å²) in [4.78, 5) is 12.0. The molecule has 0 saturated carbocycles. The van der Waals surface area contributed by atoms with Crippen LogP contribution in [0.15, 0.2) is 24.3 Å². The van der Waals surface area contributed by atoms with Crippen molar-refractivity contribution >= 4 is 11.6 Å². The van der Waals surface area contributed by atoms with Gasteiger partial charge in [0, 0.05) is 5.69 Å². The maximum absolute atomic E-state index is 12.0. The van der Waals surface area contributed by atoms with Crippen LogP contribution < -0.4 is 5.32 Å². The van der Waals surface area contributed by atoms with Gasteiger partial charge in [-0.15, -0.1) is 0 Å². The minimum atomic E-state index is -0.970. The Morgan fingerprint density at radius 1 is 1.21 bits per heavy atom. The second-order valence-electron chi connectivity index (χ2n) is 6.08. The Morgan fingerprint density at radius 3 is 2.11 bits per heavy atom. The molecule has 0 heterocycles. The SMILES string of the molecule is CCC(C)(C#N)C(=O)Nc1ccc(C(C)(C)C)cc1. The molecule has 0 aromatic heterocycles. The molecule has 102 valence electrons. The molecule has 1 atom stereocenters. The first-order chi connectivity index (χ1) is 8.73. The molecule has 0 radical (unpaired) electrons. The first-order valence-electron chi connectivity index (χ1n) is 6.56. The van der Waals surface area contributed by atoms with E-state index < -0.39 is 5.41 Å². The van der Waals surface area contributed by atoms with Crippen LogP contribution in [-0.2, 0) is 10.2 Å². The van der Waals surface area contributed by atoms with E-state index in [1.54, 1.807) is 6.92 Å². The average molecular weight is 258 g/mol. The molecule has 1 amide bonds. The average Bonchev–Trinajstić information content (AvgIpc) is 2.37. The Labute approximate surface area is 115 Å². The van der Waals surface area contributed by atoms with Crippen molar-refractivity contribution in [3.8, 4) is 6.07 Å². The molecular formula is C16H22N2O. The normalized spacial score (nSPS) is 14.3. The molecule has 19 heavy (non-hydrogen) atoms. The zero-order chi connectivity index (χ0) is 14.7. The first-order valence-corrected chi connectivity index (χ1v) is 6.56. The lowest BCUT2D eigenvalue weighted by atomic mass is 9.86. The summed E-state index contributed by atoms with van der Waals surface area (Å²) < 4.78 is 0. The van der Waals surface area contributed by atoms with Gasteiger partial charge in [-0.2, -0.15) is 5.26 Å². The minimum Gasteiger partial charge on any atom is -0.325 e. The van der Waals surface area contributed by atoms with Crippen molar-refractivity contribution in [3.63, 3.8) is 0 Å². The van der Waals surface area contributed by atoms with Gasteiger partial charge in [-0.05, 0) is 36.5 Å². The largest absolute Gasteiger partial charge is 0.325 e. The van der Waals surface area contributed by atoms with Gasteiger partial charge < -0.3 is 5.32 Å². The van der Waals surface area contributed by atoms with Gasteiger partial charge in [-0.1, -0.05) is 39.8 Å². The highest BCUT2D eigenvalue weighted by Gasteiger charge is 2.31. The van der Waals surface area contributed by atoms with Crippen LogP contribution in [0.5, 0.6) is 0 Å². The number of anilines is 1. The fourth-order valence-corrected chi connectivity index (χ4v) is 1.61. The van der Waals surface area contributed by atoms with Crippen LogP contribution in [-0.4, -0.2) is 5.91 Å². The number of carbonyl (C=O) groups excluding carboxylic acids is 1. The number of rotatable bonds is 3. The molecule has 1 unspecified atom stereocenters. The number of nitrogens with one attached hydrogen (secondary N) is 1. The maximum Gasteiger partial charge on any atom is 0.244 e. The Hall–Kier alpha value is -1.82. The van der Waals surface area contributed by atoms with Gasteiger partial charge in [0.05, 0.1) is 6.07 Å². The van der Waals surface area contributed by atoms with E-state index in [0.29, 0.717) is 6.42 Å². The van der Waals surface area contributed by atoms with Crippen LogP contribution in [0.2, 0.25) is 0 Å². The van der Waals surface area contributed by atoms with Crippen molar-refractivity contribution in [3.05, 3.63) is 29.8 Å². The third-order valence-corrected chi connectivity index (χ3v) is 3.46. The molecule has 3 nitrogen and oxygen atoms in total. The summed E-state index contributed by atoms with van der Waals surface area (Å²) in [5.41, 5.74) is 1.06. The van der Waals surface area contributed by atoms with Crippen LogP contribution in [0.3, 0.4) is 0 Å². The van der Waals surface area contributed by atoms with E-state index in [9.17, 15) is 4.79 Å². The zero-order valence-corrected chi connectivity index (χ0v) is 12.4. The molecule has 0 saturated heterocycles. The highest BCUT2D eigenvalue weighted by atomic mass is 16.2. The van der Waals surface area contributed by atoms with Gasteiger partial charge in [0.2, 0.25) is 5.91 Å². The molecule has 1 N–H and O–H groups in total. The predicted octanol–water partition coefficient (Wildman–Crippen LogP) is 3.86. The third kappa shape index (κ3) is 3.57. The number of nitrogens with zero attached hydrogens (tertiary/aromatic N) is 1. The molecule has 0 aliphatic carbocycles. The highest BCUT2D eigenvalue weighted by molar-refractivity contribution is 5.96. The lowest BCUT2D eigenvalue weighted by molar-refractivity contribution is -0.122. The molecule has 0 spiro atoms. The van der Waals surface area contributed by atoms with Gasteiger partial charge in [0.1, 0.15) is 5.41 Å². The van der Waals surface area contributed by atoms with Crippen molar-refractivity contribution in [2.24, 2.45) is 5.41 Å². The topological polar surface area (TPSA) is 52.9 Å². The second kappa shape index (κ2) is 5.44. The predicted molar refractivity (Wildman–Crippen MR) is 77.8 cm³/mol. The summed E-state index contributed by atoms with van der Waals surface area (Å²) in [6.07, 6.45) is 0.495. The van der Waals surface area contributed by atoms with Crippen molar-refractivity contribution in [2.75, 3.05) is 5.32 Å². The van der Waals surface area contributed by atoms with Gasteiger partial charge in [-0.3, -0.25) is 4.79 Å². The number of nitriles is 1. The zero-order valence-electron chi connectivity index (χ0n) is 12.4. The van der Waals surface area contributed by atoms with Crippen LogP contribution >= 0.6 is 0 Å². The lowest BCUT2D eigenvalue weighted by Gasteiger charge is -2.21. The van der Waals surface area contributed by atoms with Crippen LogP contribution in [0.25, 0.3) is 0 Å². The van der Waals surface area contributed by atoms with E-state index in [1.807, 2.05) is 31.2 Å². The second-order valence-corrected chi connectivity index (χ2v) is 6.08. The van der Waals surface area contributed by atoms with E-state index in [2.05, 4.69) is 32.2 Å².